The molecule has 0 N–H and O–H groups in total. The molecule has 0 bridgehead atoms. The lowest BCUT2D eigenvalue weighted by atomic mass is 10.2. The van der Waals surface area contributed by atoms with Gasteiger partial charge in [0, 0.05) is 23.7 Å². The van der Waals surface area contributed by atoms with Crippen LogP contribution in [0.3, 0.4) is 0 Å². The summed E-state index contributed by atoms with van der Waals surface area (Å²) in [5.41, 5.74) is 0.917. The van der Waals surface area contributed by atoms with Crippen LogP contribution in [0, 0.1) is 10.1 Å². The number of hydrogen-bond acceptors (Lipinski definition) is 6. The molecule has 7 nitrogen and oxygen atoms in total. The second-order valence-corrected chi connectivity index (χ2v) is 6.05. The topological polar surface area (TPSA) is 77.1 Å². The molecule has 2 aromatic rings. The van der Waals surface area contributed by atoms with Crippen molar-refractivity contribution in [3.63, 3.8) is 0 Å². The average Bonchev–Trinajstić information content (AvgIpc) is 2.90. The first-order valence-electron chi connectivity index (χ1n) is 6.61. The molecule has 0 unspecified atom stereocenters. The van der Waals surface area contributed by atoms with E-state index in [0.717, 1.165) is 29.1 Å². The molecule has 0 saturated carbocycles. The van der Waals surface area contributed by atoms with Crippen LogP contribution in [0.25, 0.3) is 11.4 Å². The number of non-ortho nitro benzene ring substituents is 1. The van der Waals surface area contributed by atoms with Crippen LogP contribution in [0.1, 0.15) is 13.8 Å². The Morgan fingerprint density at radius 2 is 2.00 bits per heavy atom. The van der Waals surface area contributed by atoms with Gasteiger partial charge in [-0.15, -0.1) is 10.2 Å². The van der Waals surface area contributed by atoms with E-state index in [0.29, 0.717) is 6.04 Å². The van der Waals surface area contributed by atoms with Crippen molar-refractivity contribution in [1.82, 2.24) is 19.7 Å². The maximum Gasteiger partial charge on any atom is 0.269 e. The molecule has 0 amide bonds. The molecule has 1 aromatic heterocycles. The smallest absolute Gasteiger partial charge is 0.269 e. The van der Waals surface area contributed by atoms with Gasteiger partial charge in [-0.1, -0.05) is 11.8 Å². The molecule has 110 valence electrons. The first-order chi connectivity index (χ1) is 10.1. The zero-order valence-corrected chi connectivity index (χ0v) is 12.6. The van der Waals surface area contributed by atoms with E-state index in [4.69, 9.17) is 0 Å². The summed E-state index contributed by atoms with van der Waals surface area (Å²) in [6.45, 7) is 5.04. The number of hydrogen-bond donors (Lipinski definition) is 0. The number of nitro benzene ring substituents is 1. The van der Waals surface area contributed by atoms with Crippen molar-refractivity contribution < 1.29 is 4.92 Å². The summed E-state index contributed by atoms with van der Waals surface area (Å²) >= 11 is 1.66. The maximum atomic E-state index is 10.7. The van der Waals surface area contributed by atoms with Crippen molar-refractivity contribution >= 4 is 17.4 Å². The van der Waals surface area contributed by atoms with Crippen LogP contribution in [0.4, 0.5) is 5.69 Å². The van der Waals surface area contributed by atoms with Crippen LogP contribution in [0.5, 0.6) is 0 Å². The van der Waals surface area contributed by atoms with E-state index < -0.39 is 4.92 Å². The van der Waals surface area contributed by atoms with Gasteiger partial charge in [0.25, 0.3) is 5.69 Å². The highest BCUT2D eigenvalue weighted by atomic mass is 32.2. The minimum Gasteiger partial charge on any atom is -0.288 e. The van der Waals surface area contributed by atoms with Crippen molar-refractivity contribution in [3.8, 4) is 11.4 Å². The van der Waals surface area contributed by atoms with Crippen molar-refractivity contribution in [1.29, 1.82) is 0 Å². The Bertz CT molecular complexity index is 668. The normalized spacial score (nSPS) is 15.2. The lowest BCUT2D eigenvalue weighted by Gasteiger charge is -2.30. The lowest BCUT2D eigenvalue weighted by Crippen LogP contribution is -2.35. The highest BCUT2D eigenvalue weighted by molar-refractivity contribution is 7.99. The minimum absolute atomic E-state index is 0.0790. The standard InChI is InChI=1S/C13H15N5O2S/c1-9(2)16-7-17-12(14-15-13(17)21-8-16)10-3-5-11(6-4-10)18(19)20/h3-6,9H,7-8H2,1-2H3. The Hall–Kier alpha value is -1.93. The minimum atomic E-state index is -0.403. The maximum absolute atomic E-state index is 10.7. The van der Waals surface area contributed by atoms with Gasteiger partial charge in [-0.3, -0.25) is 19.6 Å². The fourth-order valence-corrected chi connectivity index (χ4v) is 3.20. The summed E-state index contributed by atoms with van der Waals surface area (Å²) < 4.78 is 2.05. The van der Waals surface area contributed by atoms with Crippen molar-refractivity contribution in [2.45, 2.75) is 31.7 Å². The number of nitro groups is 1. The van der Waals surface area contributed by atoms with Crippen LogP contribution in [0.2, 0.25) is 0 Å². The summed E-state index contributed by atoms with van der Waals surface area (Å²) in [7, 11) is 0. The second kappa shape index (κ2) is 5.45. The molecule has 3 rings (SSSR count). The fourth-order valence-electron chi connectivity index (χ4n) is 2.14. The van der Waals surface area contributed by atoms with Crippen LogP contribution in [-0.2, 0) is 6.67 Å². The molecule has 0 aliphatic carbocycles. The van der Waals surface area contributed by atoms with Gasteiger partial charge in [0.1, 0.15) is 0 Å². The van der Waals surface area contributed by atoms with Crippen LogP contribution < -0.4 is 0 Å². The van der Waals surface area contributed by atoms with Gasteiger partial charge in [-0.25, -0.2) is 0 Å². The number of benzene rings is 1. The highest BCUT2D eigenvalue weighted by Crippen LogP contribution is 2.30. The van der Waals surface area contributed by atoms with Gasteiger partial charge >= 0.3 is 0 Å². The summed E-state index contributed by atoms with van der Waals surface area (Å²) in [6, 6.07) is 6.86. The molecule has 1 aromatic carbocycles. The van der Waals surface area contributed by atoms with E-state index in [-0.39, 0.29) is 5.69 Å². The number of aromatic nitrogens is 3. The third kappa shape index (κ3) is 2.64. The Morgan fingerprint density at radius 1 is 1.29 bits per heavy atom. The van der Waals surface area contributed by atoms with Gasteiger partial charge in [0.2, 0.25) is 0 Å². The predicted octanol–water partition coefficient (Wildman–Crippen LogP) is 2.58. The Kier molecular flexibility index (Phi) is 3.64. The summed E-state index contributed by atoms with van der Waals surface area (Å²) in [4.78, 5) is 12.6. The van der Waals surface area contributed by atoms with E-state index in [1.54, 1.807) is 23.9 Å². The Labute approximate surface area is 126 Å². The van der Waals surface area contributed by atoms with Crippen molar-refractivity contribution in [3.05, 3.63) is 34.4 Å². The molecule has 0 saturated heterocycles. The van der Waals surface area contributed by atoms with Gasteiger partial charge in [-0.05, 0) is 26.0 Å². The van der Waals surface area contributed by atoms with E-state index >= 15 is 0 Å². The largest absolute Gasteiger partial charge is 0.288 e. The second-order valence-electron chi connectivity index (χ2n) is 5.14. The molecule has 0 radical (unpaired) electrons. The number of nitrogens with zero attached hydrogens (tertiary/aromatic N) is 5. The molecule has 1 aliphatic rings. The Balaban J connectivity index is 1.94. The molecule has 2 heterocycles. The van der Waals surface area contributed by atoms with Gasteiger partial charge < -0.3 is 0 Å². The van der Waals surface area contributed by atoms with Crippen LogP contribution in [0.15, 0.2) is 29.4 Å². The molecule has 8 heteroatoms. The molecule has 0 spiro atoms. The highest BCUT2D eigenvalue weighted by Gasteiger charge is 2.23. The summed E-state index contributed by atoms with van der Waals surface area (Å²) in [5, 5.41) is 20.0. The fraction of sp³-hybridized carbons (Fsp3) is 0.385. The summed E-state index contributed by atoms with van der Waals surface area (Å²) in [5.74, 6) is 1.65. The van der Waals surface area contributed by atoms with Crippen LogP contribution >= 0.6 is 11.8 Å². The average molecular weight is 305 g/mol. The molecular weight excluding hydrogens is 290 g/mol. The zero-order chi connectivity index (χ0) is 15.0. The SMILES string of the molecule is CC(C)N1CSc2nnc(-c3ccc([N+](=O)[O-])cc3)n2C1. The Morgan fingerprint density at radius 3 is 2.62 bits per heavy atom. The quantitative estimate of drug-likeness (QED) is 0.640. The number of thioether (sulfide) groups is 1. The lowest BCUT2D eigenvalue weighted by molar-refractivity contribution is -0.384. The molecular formula is C13H15N5O2S. The molecule has 0 fully saturated rings. The first kappa shape index (κ1) is 14.0. The van der Waals surface area contributed by atoms with E-state index in [9.17, 15) is 10.1 Å². The predicted molar refractivity (Wildman–Crippen MR) is 79.8 cm³/mol. The van der Waals surface area contributed by atoms with E-state index in [1.165, 1.54) is 12.1 Å². The monoisotopic (exact) mass is 305 g/mol. The third-order valence-corrected chi connectivity index (χ3v) is 4.49. The van der Waals surface area contributed by atoms with E-state index in [2.05, 4.69) is 33.5 Å². The number of fused-ring (bicyclic) bond motifs is 1. The zero-order valence-electron chi connectivity index (χ0n) is 11.8. The van der Waals surface area contributed by atoms with Gasteiger partial charge in [0.15, 0.2) is 11.0 Å². The van der Waals surface area contributed by atoms with Crippen molar-refractivity contribution in [2.24, 2.45) is 0 Å². The molecule has 1 aliphatic heterocycles. The van der Waals surface area contributed by atoms with Gasteiger partial charge in [-0.2, -0.15) is 0 Å². The van der Waals surface area contributed by atoms with Crippen molar-refractivity contribution in [2.75, 3.05) is 5.88 Å². The number of rotatable bonds is 3. The van der Waals surface area contributed by atoms with Gasteiger partial charge in [0.05, 0.1) is 17.5 Å². The van der Waals surface area contributed by atoms with Crippen LogP contribution in [-0.4, -0.2) is 36.5 Å². The molecule has 21 heavy (non-hydrogen) atoms. The molecule has 0 atom stereocenters. The summed E-state index contributed by atoms with van der Waals surface area (Å²) in [6.07, 6.45) is 0. The first-order valence-corrected chi connectivity index (χ1v) is 7.59. The van der Waals surface area contributed by atoms with E-state index in [1.807, 2.05) is 0 Å². The third-order valence-electron chi connectivity index (χ3n) is 3.47.